The average Bonchev–Trinajstić information content (AvgIpc) is 3.73. The van der Waals surface area contributed by atoms with Crippen molar-refractivity contribution in [3.8, 4) is 22.3 Å². The maximum absolute atomic E-state index is 13.9. The van der Waals surface area contributed by atoms with Crippen molar-refractivity contribution < 1.29 is 35.9 Å². The van der Waals surface area contributed by atoms with Crippen molar-refractivity contribution in [2.75, 3.05) is 6.54 Å². The molecule has 1 N–H and O–H groups in total. The molecule has 7 rings (SSSR count). The first-order valence-corrected chi connectivity index (χ1v) is 18.6. The smallest absolute Gasteiger partial charge is 0.346 e. The second-order valence-electron chi connectivity index (χ2n) is 14.3. The lowest BCUT2D eigenvalue weighted by Gasteiger charge is -2.31. The zero-order valence-electron chi connectivity index (χ0n) is 30.6. The standard InChI is InChI=1S/C45H39F6N3O2/c1-2-29(19-23-41(55)36-13-4-3-10-33(36)30-16-20-32(21-17-30)45(49,50)51)31-18-22-40-39(26-31)53-28-54(40)25-9-24-43(42(56)52-27-44(46,47)48)37-14-7-5-11-34(37)35-12-6-8-15-38(35)43/h3-8,10-18,20-22,26,28-29H,2,9,19,23-25,27H2,1H3,(H,52,56). The van der Waals surface area contributed by atoms with Crippen LogP contribution in [-0.4, -0.2) is 34.0 Å². The summed E-state index contributed by atoms with van der Waals surface area (Å²) in [6.45, 7) is 1.10. The quantitative estimate of drug-likeness (QED) is 0.0940. The summed E-state index contributed by atoms with van der Waals surface area (Å²) in [5, 5.41) is 2.19. The number of alkyl halides is 6. The Morgan fingerprint density at radius 3 is 2.04 bits per heavy atom. The van der Waals surface area contributed by atoms with Crippen molar-refractivity contribution in [1.29, 1.82) is 0 Å². The molecule has 11 heteroatoms. The Bertz CT molecular complexity index is 2330. The fraction of sp³-hybridized carbons (Fsp3) is 0.267. The van der Waals surface area contributed by atoms with Crippen molar-refractivity contribution in [2.45, 2.75) is 69.3 Å². The van der Waals surface area contributed by atoms with E-state index in [1.807, 2.05) is 66.1 Å². The van der Waals surface area contributed by atoms with Crippen molar-refractivity contribution in [2.24, 2.45) is 0 Å². The van der Waals surface area contributed by atoms with Gasteiger partial charge >= 0.3 is 12.4 Å². The molecule has 288 valence electrons. The number of carbonyl (C=O) groups is 2. The van der Waals surface area contributed by atoms with Crippen LogP contribution in [0.2, 0.25) is 0 Å². The fourth-order valence-corrected chi connectivity index (χ4v) is 8.18. The second-order valence-corrected chi connectivity index (χ2v) is 14.3. The highest BCUT2D eigenvalue weighted by Crippen LogP contribution is 2.51. The predicted octanol–water partition coefficient (Wildman–Crippen LogP) is 11.3. The molecular weight excluding hydrogens is 729 g/mol. The molecule has 0 aliphatic heterocycles. The van der Waals surface area contributed by atoms with Crippen LogP contribution in [0.3, 0.4) is 0 Å². The molecule has 1 atom stereocenters. The van der Waals surface area contributed by atoms with Gasteiger partial charge in [0.1, 0.15) is 12.0 Å². The zero-order chi connectivity index (χ0) is 39.7. The number of benzene rings is 5. The number of halogens is 6. The number of Topliss-reactive ketones (excluding diaryl/α,β-unsaturated/α-hetero) is 1. The van der Waals surface area contributed by atoms with E-state index in [0.29, 0.717) is 47.2 Å². The highest BCUT2D eigenvalue weighted by atomic mass is 19.4. The van der Waals surface area contributed by atoms with Gasteiger partial charge in [0.25, 0.3) is 0 Å². The first-order valence-electron chi connectivity index (χ1n) is 18.6. The number of rotatable bonds is 13. The zero-order valence-corrected chi connectivity index (χ0v) is 30.6. The third kappa shape index (κ3) is 7.59. The third-order valence-corrected chi connectivity index (χ3v) is 10.9. The Hall–Kier alpha value is -5.71. The van der Waals surface area contributed by atoms with Gasteiger partial charge < -0.3 is 9.88 Å². The van der Waals surface area contributed by atoms with Gasteiger partial charge in [0.15, 0.2) is 5.78 Å². The maximum Gasteiger partial charge on any atom is 0.416 e. The third-order valence-electron chi connectivity index (χ3n) is 10.9. The van der Waals surface area contributed by atoms with Crippen LogP contribution in [0.4, 0.5) is 26.3 Å². The number of carbonyl (C=O) groups excluding carboxylic acids is 2. The summed E-state index contributed by atoms with van der Waals surface area (Å²) >= 11 is 0. The minimum Gasteiger partial charge on any atom is -0.346 e. The lowest BCUT2D eigenvalue weighted by molar-refractivity contribution is -0.141. The lowest BCUT2D eigenvalue weighted by Crippen LogP contribution is -2.47. The van der Waals surface area contributed by atoms with Crippen LogP contribution in [0, 0.1) is 0 Å². The Balaban J connectivity index is 1.06. The number of ketones is 1. The molecule has 0 saturated carbocycles. The van der Waals surface area contributed by atoms with E-state index in [1.54, 1.807) is 42.7 Å². The monoisotopic (exact) mass is 767 g/mol. The first kappa shape index (κ1) is 38.6. The molecule has 0 radical (unpaired) electrons. The van der Waals surface area contributed by atoms with E-state index >= 15 is 0 Å². The normalized spacial score (nSPS) is 14.0. The van der Waals surface area contributed by atoms with E-state index < -0.39 is 35.8 Å². The number of imidazole rings is 1. The van der Waals surface area contributed by atoms with Crippen molar-refractivity contribution in [1.82, 2.24) is 14.9 Å². The minimum atomic E-state index is -4.56. The van der Waals surface area contributed by atoms with Gasteiger partial charge in [-0.3, -0.25) is 9.59 Å². The van der Waals surface area contributed by atoms with E-state index in [9.17, 15) is 35.9 Å². The van der Waals surface area contributed by atoms with Gasteiger partial charge in [-0.05, 0) is 94.8 Å². The molecule has 0 saturated heterocycles. The maximum atomic E-state index is 13.9. The van der Waals surface area contributed by atoms with Crippen LogP contribution in [0.1, 0.15) is 77.6 Å². The molecule has 1 aliphatic carbocycles. The Kier molecular flexibility index (Phi) is 10.6. The summed E-state index contributed by atoms with van der Waals surface area (Å²) in [4.78, 5) is 32.1. The Morgan fingerprint density at radius 1 is 0.786 bits per heavy atom. The van der Waals surface area contributed by atoms with E-state index in [1.165, 1.54) is 12.1 Å². The number of fused-ring (bicyclic) bond motifs is 4. The predicted molar refractivity (Wildman–Crippen MR) is 204 cm³/mol. The van der Waals surface area contributed by atoms with Gasteiger partial charge in [0.05, 0.1) is 22.9 Å². The van der Waals surface area contributed by atoms with Gasteiger partial charge in [-0.25, -0.2) is 4.98 Å². The summed E-state index contributed by atoms with van der Waals surface area (Å²) in [6, 6.07) is 32.6. The van der Waals surface area contributed by atoms with Gasteiger partial charge in [-0.1, -0.05) is 97.9 Å². The number of amides is 1. The fourth-order valence-electron chi connectivity index (χ4n) is 8.18. The van der Waals surface area contributed by atoms with Gasteiger partial charge in [-0.15, -0.1) is 0 Å². The molecule has 1 aromatic heterocycles. The van der Waals surface area contributed by atoms with E-state index in [4.69, 9.17) is 0 Å². The van der Waals surface area contributed by atoms with E-state index in [-0.39, 0.29) is 24.5 Å². The molecular formula is C45H39F6N3O2. The summed E-state index contributed by atoms with van der Waals surface area (Å²) < 4.78 is 81.3. The number of aromatic nitrogens is 2. The largest absolute Gasteiger partial charge is 0.416 e. The van der Waals surface area contributed by atoms with E-state index in [0.717, 1.165) is 46.3 Å². The molecule has 5 nitrogen and oxygen atoms in total. The van der Waals surface area contributed by atoms with Crippen LogP contribution in [0.5, 0.6) is 0 Å². The minimum absolute atomic E-state index is 0.0457. The molecule has 1 unspecified atom stereocenters. The van der Waals surface area contributed by atoms with Crippen LogP contribution in [0.15, 0.2) is 122 Å². The first-order chi connectivity index (χ1) is 26.8. The van der Waals surface area contributed by atoms with Crippen LogP contribution in [0.25, 0.3) is 33.3 Å². The van der Waals surface area contributed by atoms with E-state index in [2.05, 4.69) is 10.3 Å². The van der Waals surface area contributed by atoms with Crippen molar-refractivity contribution in [3.05, 3.63) is 149 Å². The highest BCUT2D eigenvalue weighted by Gasteiger charge is 2.49. The molecule has 0 fully saturated rings. The van der Waals surface area contributed by atoms with Gasteiger partial charge in [-0.2, -0.15) is 26.3 Å². The molecule has 0 bridgehead atoms. The number of hydrogen-bond donors (Lipinski definition) is 1. The number of aryl methyl sites for hydroxylation is 1. The Labute approximate surface area is 320 Å². The van der Waals surface area contributed by atoms with Gasteiger partial charge in [0, 0.05) is 18.5 Å². The van der Waals surface area contributed by atoms with Crippen molar-refractivity contribution in [3.63, 3.8) is 0 Å². The Morgan fingerprint density at radius 2 is 1.41 bits per heavy atom. The number of nitrogens with one attached hydrogen (secondary N) is 1. The van der Waals surface area contributed by atoms with Crippen LogP contribution < -0.4 is 5.32 Å². The summed E-state index contributed by atoms with van der Waals surface area (Å²) in [5.74, 6) is -0.731. The molecule has 0 spiro atoms. The number of nitrogens with zero attached hydrogens (tertiary/aromatic N) is 2. The summed E-state index contributed by atoms with van der Waals surface area (Å²) in [7, 11) is 0. The molecule has 1 amide bonds. The van der Waals surface area contributed by atoms with Gasteiger partial charge in [0.2, 0.25) is 5.91 Å². The SMILES string of the molecule is CCC(CCC(=O)c1ccccc1-c1ccc(C(F)(F)F)cc1)c1ccc2c(c1)ncn2CCCC1(C(=O)NCC(F)(F)F)c2ccccc2-c2ccccc21. The second kappa shape index (κ2) is 15.4. The molecule has 56 heavy (non-hydrogen) atoms. The summed E-state index contributed by atoms with van der Waals surface area (Å²) in [5.41, 5.74) is 5.22. The van der Waals surface area contributed by atoms with Crippen molar-refractivity contribution >= 4 is 22.7 Å². The van der Waals surface area contributed by atoms with Crippen LogP contribution >= 0.6 is 0 Å². The number of hydrogen-bond acceptors (Lipinski definition) is 3. The molecule has 5 aromatic carbocycles. The molecule has 6 aromatic rings. The topological polar surface area (TPSA) is 64.0 Å². The average molecular weight is 768 g/mol. The molecule has 1 heterocycles. The summed E-state index contributed by atoms with van der Waals surface area (Å²) in [6.07, 6.45) is -4.96. The van der Waals surface area contributed by atoms with Crippen LogP contribution in [-0.2, 0) is 22.9 Å². The highest BCUT2D eigenvalue weighted by molar-refractivity contribution is 6.02. The lowest BCUT2D eigenvalue weighted by atomic mass is 9.73. The molecule has 1 aliphatic rings.